The lowest BCUT2D eigenvalue weighted by atomic mass is 10.3. The summed E-state index contributed by atoms with van der Waals surface area (Å²) in [4.78, 5) is 20.7. The fourth-order valence-electron chi connectivity index (χ4n) is 1.60. The van der Waals surface area contributed by atoms with E-state index in [1.54, 1.807) is 14.1 Å². The largest absolute Gasteiger partial charge is 0.356 e. The Morgan fingerprint density at radius 3 is 1.95 bits per heavy atom. The van der Waals surface area contributed by atoms with Gasteiger partial charge < -0.3 is 10.2 Å². The van der Waals surface area contributed by atoms with Crippen LogP contribution in [-0.4, -0.2) is 37.9 Å². The fourth-order valence-corrected chi connectivity index (χ4v) is 1.91. The van der Waals surface area contributed by atoms with Crippen LogP contribution in [0.4, 0.5) is 0 Å². The average molecular weight is 343 g/mol. The van der Waals surface area contributed by atoms with Crippen molar-refractivity contribution in [3.63, 3.8) is 0 Å². The minimum absolute atomic E-state index is 0.493. The predicted molar refractivity (Wildman–Crippen MR) is 85.3 cm³/mol. The molecule has 2 amide bonds. The zero-order valence-electron chi connectivity index (χ0n) is 12.1. The highest BCUT2D eigenvalue weighted by Gasteiger charge is 2.12. The van der Waals surface area contributed by atoms with Gasteiger partial charge in [-0.25, -0.2) is 0 Å². The van der Waals surface area contributed by atoms with Crippen LogP contribution in [0.3, 0.4) is 0 Å². The zero-order valence-corrected chi connectivity index (χ0v) is 13.7. The molecule has 20 heavy (non-hydrogen) atoms. The summed E-state index contributed by atoms with van der Waals surface area (Å²) in [7, 11) is 3.38. The lowest BCUT2D eigenvalue weighted by Gasteiger charge is -2.03. The summed E-state index contributed by atoms with van der Waals surface area (Å²) in [6, 6.07) is 10.5. The van der Waals surface area contributed by atoms with E-state index in [1.807, 2.05) is 30.3 Å². The molecule has 0 atom stereocenters. The number of hydrogen-bond acceptors (Lipinski definition) is 2. The molecule has 0 radical (unpaired) electrons. The minimum atomic E-state index is 0.493. The normalized spacial score (nSPS) is 13.2. The molecule has 0 spiro atoms. The van der Waals surface area contributed by atoms with Crippen molar-refractivity contribution in [1.29, 1.82) is 0 Å². The first-order valence-electron chi connectivity index (χ1n) is 6.62. The zero-order chi connectivity index (χ0) is 15.2. The molecule has 0 aliphatic heterocycles. The lowest BCUT2D eigenvalue weighted by molar-refractivity contribution is -0.116. The number of halogens is 1. The maximum atomic E-state index is 9.85. The topological polar surface area (TPSA) is 49.4 Å². The van der Waals surface area contributed by atoms with Gasteiger partial charge in [0.1, 0.15) is 0 Å². The van der Waals surface area contributed by atoms with Crippen molar-refractivity contribution < 1.29 is 9.59 Å². The molecule has 1 aliphatic carbocycles. The van der Waals surface area contributed by atoms with E-state index in [2.05, 4.69) is 21.2 Å². The van der Waals surface area contributed by atoms with Gasteiger partial charge in [0.05, 0.1) is 0 Å². The molecule has 1 N–H and O–H groups in total. The number of amides is 2. The number of benzene rings is 1. The monoisotopic (exact) mass is 342 g/mol. The van der Waals surface area contributed by atoms with Crippen molar-refractivity contribution in [1.82, 2.24) is 10.2 Å². The summed E-state index contributed by atoms with van der Waals surface area (Å²) < 4.78 is 1.13. The average Bonchev–Trinajstić information content (AvgIpc) is 2.94. The second-order valence-corrected chi connectivity index (χ2v) is 5.55. The van der Waals surface area contributed by atoms with Gasteiger partial charge in [-0.1, -0.05) is 47.0 Å². The Balaban J connectivity index is 0.000000280. The smallest absolute Gasteiger partial charge is 0.209 e. The molecule has 2 rings (SSSR count). The quantitative estimate of drug-likeness (QED) is 0.858. The molecule has 4 nitrogen and oxygen atoms in total. The molecule has 0 aromatic heterocycles. The van der Waals surface area contributed by atoms with E-state index >= 15 is 0 Å². The van der Waals surface area contributed by atoms with Crippen molar-refractivity contribution >= 4 is 28.8 Å². The number of carbonyl (C=O) groups is 2. The van der Waals surface area contributed by atoms with Gasteiger partial charge in [0.2, 0.25) is 12.8 Å². The van der Waals surface area contributed by atoms with E-state index < -0.39 is 0 Å². The first-order chi connectivity index (χ1) is 9.60. The van der Waals surface area contributed by atoms with Crippen LogP contribution in [0.25, 0.3) is 0 Å². The molecule has 1 saturated carbocycles. The number of nitrogens with zero attached hydrogens (tertiary/aromatic N) is 1. The lowest BCUT2D eigenvalue weighted by Crippen LogP contribution is -2.23. The van der Waals surface area contributed by atoms with E-state index in [9.17, 15) is 9.59 Å². The number of nitrogens with one attached hydrogen (secondary N) is 1. The van der Waals surface area contributed by atoms with E-state index in [0.29, 0.717) is 6.04 Å². The third-order valence-electron chi connectivity index (χ3n) is 2.60. The van der Waals surface area contributed by atoms with Gasteiger partial charge in [0, 0.05) is 24.6 Å². The second kappa shape index (κ2) is 12.7. The van der Waals surface area contributed by atoms with Crippen LogP contribution in [-0.2, 0) is 9.59 Å². The van der Waals surface area contributed by atoms with Gasteiger partial charge in [0.25, 0.3) is 0 Å². The molecule has 1 aromatic rings. The van der Waals surface area contributed by atoms with Crippen molar-refractivity contribution in [3.05, 3.63) is 34.8 Å². The molecule has 0 bridgehead atoms. The molecule has 112 valence electrons. The van der Waals surface area contributed by atoms with Gasteiger partial charge >= 0.3 is 0 Å². The summed E-state index contributed by atoms with van der Waals surface area (Å²) in [5.74, 6) is 0. The Morgan fingerprint density at radius 1 is 1.15 bits per heavy atom. The molecular formula is C15H23BrN2O2. The highest BCUT2D eigenvalue weighted by atomic mass is 79.9. The molecule has 1 aliphatic rings. The number of rotatable bonds is 3. The van der Waals surface area contributed by atoms with Crippen molar-refractivity contribution in [2.75, 3.05) is 14.1 Å². The van der Waals surface area contributed by atoms with Crippen LogP contribution < -0.4 is 5.32 Å². The first-order valence-corrected chi connectivity index (χ1v) is 7.41. The van der Waals surface area contributed by atoms with Crippen molar-refractivity contribution in [2.24, 2.45) is 0 Å². The molecular weight excluding hydrogens is 320 g/mol. The fraction of sp³-hybridized carbons (Fsp3) is 0.467. The van der Waals surface area contributed by atoms with E-state index in [0.717, 1.165) is 17.3 Å². The van der Waals surface area contributed by atoms with E-state index in [4.69, 9.17) is 0 Å². The highest BCUT2D eigenvalue weighted by molar-refractivity contribution is 9.10. The Labute approximate surface area is 129 Å². The molecule has 0 saturated heterocycles. The van der Waals surface area contributed by atoms with Crippen LogP contribution in [0.15, 0.2) is 34.8 Å². The summed E-state index contributed by atoms with van der Waals surface area (Å²) in [6.45, 7) is 0. The maximum absolute atomic E-state index is 9.85. The minimum Gasteiger partial charge on any atom is -0.356 e. The first kappa shape index (κ1) is 18.6. The van der Waals surface area contributed by atoms with Gasteiger partial charge in [-0.2, -0.15) is 0 Å². The maximum Gasteiger partial charge on any atom is 0.209 e. The number of carbonyl (C=O) groups excluding carboxylic acids is 2. The summed E-state index contributed by atoms with van der Waals surface area (Å²) in [6.07, 6.45) is 6.48. The van der Waals surface area contributed by atoms with Crippen molar-refractivity contribution in [2.45, 2.75) is 31.7 Å². The SMILES string of the molecule is Brc1ccccc1.CN(C)C=O.O=CNC1CCCC1. The van der Waals surface area contributed by atoms with Crippen LogP contribution >= 0.6 is 15.9 Å². The van der Waals surface area contributed by atoms with Crippen LogP contribution in [0.5, 0.6) is 0 Å². The molecule has 5 heteroatoms. The molecule has 0 unspecified atom stereocenters. The van der Waals surface area contributed by atoms with Crippen LogP contribution in [0, 0.1) is 0 Å². The van der Waals surface area contributed by atoms with Gasteiger partial charge in [-0.05, 0) is 25.0 Å². The third kappa shape index (κ3) is 11.7. The van der Waals surface area contributed by atoms with Gasteiger partial charge in [0.15, 0.2) is 0 Å². The van der Waals surface area contributed by atoms with E-state index in [-0.39, 0.29) is 0 Å². The Morgan fingerprint density at radius 2 is 1.65 bits per heavy atom. The van der Waals surface area contributed by atoms with Gasteiger partial charge in [-0.3, -0.25) is 9.59 Å². The van der Waals surface area contributed by atoms with E-state index in [1.165, 1.54) is 30.6 Å². The summed E-state index contributed by atoms with van der Waals surface area (Å²) in [5.41, 5.74) is 0. The van der Waals surface area contributed by atoms with Crippen molar-refractivity contribution in [3.8, 4) is 0 Å². The Bertz CT molecular complexity index is 352. The standard InChI is InChI=1S/C6H5Br.C6H11NO.C3H7NO/c7-6-4-2-1-3-5-6;8-5-7-6-3-1-2-4-6;1-4(2)3-5/h1-5H;5-6H,1-4H2,(H,7,8);3H,1-2H3. The molecule has 0 heterocycles. The van der Waals surface area contributed by atoms with Crippen LogP contribution in [0.2, 0.25) is 0 Å². The van der Waals surface area contributed by atoms with Crippen LogP contribution in [0.1, 0.15) is 25.7 Å². The highest BCUT2D eigenvalue weighted by Crippen LogP contribution is 2.16. The predicted octanol–water partition coefficient (Wildman–Crippen LogP) is 2.83. The Hall–Kier alpha value is -1.36. The Kier molecular flexibility index (Phi) is 11.8. The second-order valence-electron chi connectivity index (χ2n) is 4.63. The molecule has 1 fully saturated rings. The summed E-state index contributed by atoms with van der Waals surface area (Å²) >= 11 is 3.31. The van der Waals surface area contributed by atoms with Gasteiger partial charge in [-0.15, -0.1) is 0 Å². The summed E-state index contributed by atoms with van der Waals surface area (Å²) in [5, 5.41) is 2.76. The molecule has 1 aromatic carbocycles. The third-order valence-corrected chi connectivity index (χ3v) is 3.13. The number of hydrogen-bond donors (Lipinski definition) is 1.